The van der Waals surface area contributed by atoms with Crippen molar-refractivity contribution < 1.29 is 33.3 Å². The van der Waals surface area contributed by atoms with Gasteiger partial charge in [-0.15, -0.1) is 0 Å². The van der Waals surface area contributed by atoms with Crippen molar-refractivity contribution in [3.63, 3.8) is 0 Å². The smallest absolute Gasteiger partial charge is 0.408 e. The molecule has 0 aliphatic carbocycles. The molecule has 3 aromatic carbocycles. The molecule has 0 saturated carbocycles. The Morgan fingerprint density at radius 1 is 0.956 bits per heavy atom. The molecule has 10 nitrogen and oxygen atoms in total. The third kappa shape index (κ3) is 11.2. The van der Waals surface area contributed by atoms with Gasteiger partial charge in [0.05, 0.1) is 20.3 Å². The normalized spacial score (nSPS) is 11.3. The number of nitrogens with one attached hydrogen (secondary N) is 1. The maximum atomic E-state index is 14.2. The van der Waals surface area contributed by atoms with E-state index in [9.17, 15) is 14.4 Å². The van der Waals surface area contributed by atoms with Gasteiger partial charge in [0.2, 0.25) is 11.8 Å². The summed E-state index contributed by atoms with van der Waals surface area (Å²) in [6.45, 7) is 8.34. The maximum absolute atomic E-state index is 14.2. The van der Waals surface area contributed by atoms with E-state index in [0.29, 0.717) is 48.8 Å². The van der Waals surface area contributed by atoms with Crippen LogP contribution in [0.5, 0.6) is 17.2 Å². The van der Waals surface area contributed by atoms with Crippen molar-refractivity contribution in [3.8, 4) is 17.2 Å². The second-order valence-electron chi connectivity index (χ2n) is 10.7. The van der Waals surface area contributed by atoms with E-state index in [1.807, 2.05) is 50.2 Å². The number of benzene rings is 3. The van der Waals surface area contributed by atoms with Crippen molar-refractivity contribution >= 4 is 23.6 Å². The lowest BCUT2D eigenvalue weighted by atomic mass is 10.0. The van der Waals surface area contributed by atoms with E-state index in [0.717, 1.165) is 11.1 Å². The van der Waals surface area contributed by atoms with E-state index in [2.05, 4.69) is 11.9 Å². The van der Waals surface area contributed by atoms with E-state index in [4.69, 9.17) is 24.7 Å². The van der Waals surface area contributed by atoms with E-state index in [1.54, 1.807) is 54.5 Å². The van der Waals surface area contributed by atoms with Gasteiger partial charge < -0.3 is 34.9 Å². The van der Waals surface area contributed by atoms with Gasteiger partial charge in [-0.1, -0.05) is 56.8 Å². The van der Waals surface area contributed by atoms with Crippen LogP contribution in [0.4, 0.5) is 10.5 Å². The molecule has 3 amide bonds. The highest BCUT2D eigenvalue weighted by Gasteiger charge is 2.31. The van der Waals surface area contributed by atoms with E-state index in [-0.39, 0.29) is 37.5 Å². The summed E-state index contributed by atoms with van der Waals surface area (Å²) in [6, 6.07) is 21.0. The Hall–Kier alpha value is -4.99. The quantitative estimate of drug-likeness (QED) is 0.137. The highest BCUT2D eigenvalue weighted by atomic mass is 16.5. The summed E-state index contributed by atoms with van der Waals surface area (Å²) in [4.78, 5) is 39.6. The summed E-state index contributed by atoms with van der Waals surface area (Å²) in [7, 11) is 1.57. The first-order chi connectivity index (χ1) is 21.7. The summed E-state index contributed by atoms with van der Waals surface area (Å²) in [5.41, 5.74) is 7.38. The first-order valence-electron chi connectivity index (χ1n) is 14.9. The zero-order valence-electron chi connectivity index (χ0n) is 26.2. The van der Waals surface area contributed by atoms with Crippen LogP contribution in [-0.4, -0.2) is 44.3 Å². The molecule has 0 aromatic heterocycles. The first kappa shape index (κ1) is 34.5. The number of nitrogens with zero attached hydrogens (tertiary/aromatic N) is 1. The summed E-state index contributed by atoms with van der Waals surface area (Å²) >= 11 is 0. The molecular formula is C35H43N3O7. The van der Waals surface area contributed by atoms with E-state index in [1.165, 1.54) is 0 Å². The number of primary amides is 1. The van der Waals surface area contributed by atoms with Crippen molar-refractivity contribution in [3.05, 3.63) is 96.6 Å². The van der Waals surface area contributed by atoms with Gasteiger partial charge in [0.25, 0.3) is 0 Å². The van der Waals surface area contributed by atoms with Gasteiger partial charge in [-0.05, 0) is 60.7 Å². The Morgan fingerprint density at radius 3 is 2.31 bits per heavy atom. The standard InChI is InChI=1S/C35H43N3O7/c1-5-20-44-31-22-30(43-21-10-9-13-32(36)39)17-14-27(31)23-38(28-15-18-29(42-4)19-16-28)34(40)33(25(2)3)37-35(41)45-24-26-11-7-6-8-12-26/h5-8,11-12,14-19,22,25,33H,1,9-10,13,20-21,23-24H2,2-4H3,(H2,36,39)(H,37,41)/t33-/m0/s1. The Labute approximate surface area is 265 Å². The minimum atomic E-state index is -0.879. The highest BCUT2D eigenvalue weighted by Crippen LogP contribution is 2.30. The van der Waals surface area contributed by atoms with Gasteiger partial charge in [-0.3, -0.25) is 9.59 Å². The molecule has 0 spiro atoms. The van der Waals surface area contributed by atoms with Crippen LogP contribution in [0.25, 0.3) is 0 Å². The first-order valence-corrected chi connectivity index (χ1v) is 14.9. The summed E-state index contributed by atoms with van der Waals surface area (Å²) < 4.78 is 22.6. The molecule has 1 atom stereocenters. The molecule has 45 heavy (non-hydrogen) atoms. The Balaban J connectivity index is 1.85. The van der Waals surface area contributed by atoms with Gasteiger partial charge in [-0.2, -0.15) is 0 Å². The van der Waals surface area contributed by atoms with Crippen molar-refractivity contribution in [2.24, 2.45) is 11.7 Å². The monoisotopic (exact) mass is 617 g/mol. The van der Waals surface area contributed by atoms with Crippen LogP contribution >= 0.6 is 0 Å². The highest BCUT2D eigenvalue weighted by molar-refractivity contribution is 5.99. The Bertz CT molecular complexity index is 1390. The van der Waals surface area contributed by atoms with Crippen LogP contribution in [0, 0.1) is 5.92 Å². The summed E-state index contributed by atoms with van der Waals surface area (Å²) in [6.07, 6.45) is 2.56. The van der Waals surface area contributed by atoms with Crippen LogP contribution in [-0.2, 0) is 27.5 Å². The molecule has 0 unspecified atom stereocenters. The number of hydrogen-bond acceptors (Lipinski definition) is 7. The summed E-state index contributed by atoms with van der Waals surface area (Å²) in [5, 5.41) is 2.77. The molecule has 0 heterocycles. The van der Waals surface area contributed by atoms with Gasteiger partial charge in [0, 0.05) is 23.7 Å². The average Bonchev–Trinajstić information content (AvgIpc) is 3.04. The van der Waals surface area contributed by atoms with E-state index < -0.39 is 12.1 Å². The molecule has 0 aliphatic rings. The van der Waals surface area contributed by atoms with Crippen molar-refractivity contribution in [1.82, 2.24) is 5.32 Å². The lowest BCUT2D eigenvalue weighted by Crippen LogP contribution is -2.51. The van der Waals surface area contributed by atoms with Crippen LogP contribution in [0.1, 0.15) is 44.2 Å². The molecule has 0 bridgehead atoms. The number of alkyl carbamates (subject to hydrolysis) is 1. The van der Waals surface area contributed by atoms with Crippen LogP contribution in [0.3, 0.4) is 0 Å². The largest absolute Gasteiger partial charge is 0.497 e. The number of hydrogen-bond donors (Lipinski definition) is 2. The average molecular weight is 618 g/mol. The molecule has 10 heteroatoms. The molecular weight excluding hydrogens is 574 g/mol. The van der Waals surface area contributed by atoms with Crippen LogP contribution in [0.2, 0.25) is 0 Å². The SMILES string of the molecule is C=CCOc1cc(OCCCCC(N)=O)ccc1CN(C(=O)[C@@H](NC(=O)OCc1ccccc1)C(C)C)c1ccc(OC)cc1. The number of anilines is 1. The molecule has 0 aliphatic heterocycles. The lowest BCUT2D eigenvalue weighted by Gasteiger charge is -2.30. The van der Waals surface area contributed by atoms with Gasteiger partial charge in [0.1, 0.15) is 36.5 Å². The molecule has 3 rings (SSSR count). The Morgan fingerprint density at radius 2 is 1.67 bits per heavy atom. The molecule has 0 saturated heterocycles. The van der Waals surface area contributed by atoms with Crippen LogP contribution in [0.15, 0.2) is 85.5 Å². The van der Waals surface area contributed by atoms with Crippen molar-refractivity contribution in [2.45, 2.75) is 52.3 Å². The number of nitrogens with two attached hydrogens (primary N) is 1. The van der Waals surface area contributed by atoms with Gasteiger partial charge >= 0.3 is 6.09 Å². The number of ether oxygens (including phenoxy) is 4. The minimum Gasteiger partial charge on any atom is -0.497 e. The third-order valence-electron chi connectivity index (χ3n) is 6.88. The molecule has 0 fully saturated rings. The fourth-order valence-electron chi connectivity index (χ4n) is 4.43. The number of amides is 3. The van der Waals surface area contributed by atoms with Crippen LogP contribution < -0.4 is 30.2 Å². The third-order valence-corrected chi connectivity index (χ3v) is 6.88. The Kier molecular flexibility index (Phi) is 13.8. The fourth-order valence-corrected chi connectivity index (χ4v) is 4.43. The maximum Gasteiger partial charge on any atom is 0.408 e. The topological polar surface area (TPSA) is 129 Å². The molecule has 3 aromatic rings. The zero-order valence-corrected chi connectivity index (χ0v) is 26.2. The van der Waals surface area contributed by atoms with Gasteiger partial charge in [-0.25, -0.2) is 4.79 Å². The molecule has 240 valence electrons. The van der Waals surface area contributed by atoms with Crippen molar-refractivity contribution in [1.29, 1.82) is 0 Å². The number of carbonyl (C=O) groups excluding carboxylic acids is 3. The number of methoxy groups -OCH3 is 1. The number of unbranched alkanes of at least 4 members (excludes halogenated alkanes) is 1. The zero-order chi connectivity index (χ0) is 32.6. The predicted molar refractivity (Wildman–Crippen MR) is 173 cm³/mol. The minimum absolute atomic E-state index is 0.0808. The molecule has 3 N–H and O–H groups in total. The second kappa shape index (κ2) is 18.0. The predicted octanol–water partition coefficient (Wildman–Crippen LogP) is 5.78. The summed E-state index contributed by atoms with van der Waals surface area (Å²) in [5.74, 6) is 0.839. The van der Waals surface area contributed by atoms with E-state index >= 15 is 0 Å². The molecule has 0 radical (unpaired) electrons. The number of carbonyl (C=O) groups is 3. The second-order valence-corrected chi connectivity index (χ2v) is 10.7. The number of rotatable bonds is 18. The lowest BCUT2D eigenvalue weighted by molar-refractivity contribution is -0.121. The fraction of sp³-hybridized carbons (Fsp3) is 0.343. The van der Waals surface area contributed by atoms with Gasteiger partial charge in [0.15, 0.2) is 0 Å². The van der Waals surface area contributed by atoms with Crippen molar-refractivity contribution in [2.75, 3.05) is 25.2 Å².